The Bertz CT molecular complexity index is 1060. The first-order valence-electron chi connectivity index (χ1n) is 8.54. The second-order valence-corrected chi connectivity index (χ2v) is 7.72. The summed E-state index contributed by atoms with van der Waals surface area (Å²) in [5.41, 5.74) is 0.807. The van der Waals surface area contributed by atoms with E-state index in [0.29, 0.717) is 11.5 Å². The molecule has 3 rings (SSSR count). The van der Waals surface area contributed by atoms with Gasteiger partial charge in [0, 0.05) is 17.1 Å². The van der Waals surface area contributed by atoms with E-state index in [2.05, 4.69) is 9.71 Å². The van der Waals surface area contributed by atoms with Crippen LogP contribution in [0, 0.1) is 0 Å². The van der Waals surface area contributed by atoms with E-state index >= 15 is 0 Å². The number of rotatable bonds is 8. The SMILES string of the molecule is C[C@H](NS(=O)(=O)c1ccc(OCCO)cc1)C(=O)Oc1c[nH]c2ccccc12. The molecule has 0 saturated heterocycles. The van der Waals surface area contributed by atoms with Crippen molar-refractivity contribution >= 4 is 26.9 Å². The lowest BCUT2D eigenvalue weighted by Gasteiger charge is -2.13. The number of benzene rings is 2. The summed E-state index contributed by atoms with van der Waals surface area (Å²) in [7, 11) is -3.93. The second kappa shape index (κ2) is 8.42. The Balaban J connectivity index is 1.66. The molecule has 1 heterocycles. The molecule has 0 saturated carbocycles. The molecule has 0 aliphatic carbocycles. The molecule has 9 heteroatoms. The highest BCUT2D eigenvalue weighted by Gasteiger charge is 2.24. The maximum Gasteiger partial charge on any atom is 0.329 e. The molecule has 148 valence electrons. The van der Waals surface area contributed by atoms with E-state index in [1.54, 1.807) is 12.3 Å². The van der Waals surface area contributed by atoms with Gasteiger partial charge in [-0.3, -0.25) is 0 Å². The second-order valence-electron chi connectivity index (χ2n) is 6.01. The topological polar surface area (TPSA) is 118 Å². The first kappa shape index (κ1) is 19.9. The molecule has 1 aromatic heterocycles. The molecule has 0 fully saturated rings. The van der Waals surface area contributed by atoms with Crippen molar-refractivity contribution in [1.29, 1.82) is 0 Å². The summed E-state index contributed by atoms with van der Waals surface area (Å²) in [6.45, 7) is 1.38. The molecule has 28 heavy (non-hydrogen) atoms. The Labute approximate surface area is 162 Å². The Morgan fingerprint density at radius 3 is 2.61 bits per heavy atom. The first-order chi connectivity index (χ1) is 13.4. The quantitative estimate of drug-likeness (QED) is 0.493. The van der Waals surface area contributed by atoms with Crippen LogP contribution in [0.5, 0.6) is 11.5 Å². The van der Waals surface area contributed by atoms with Gasteiger partial charge in [0.1, 0.15) is 18.4 Å². The van der Waals surface area contributed by atoms with Gasteiger partial charge in [-0.1, -0.05) is 12.1 Å². The van der Waals surface area contributed by atoms with Crippen molar-refractivity contribution in [1.82, 2.24) is 9.71 Å². The number of aliphatic hydroxyl groups excluding tert-OH is 1. The molecule has 3 N–H and O–H groups in total. The average molecular weight is 404 g/mol. The van der Waals surface area contributed by atoms with Crippen molar-refractivity contribution in [3.63, 3.8) is 0 Å². The zero-order valence-electron chi connectivity index (χ0n) is 15.1. The van der Waals surface area contributed by atoms with E-state index < -0.39 is 22.0 Å². The maximum absolute atomic E-state index is 12.5. The van der Waals surface area contributed by atoms with Crippen LogP contribution in [0.25, 0.3) is 10.9 Å². The van der Waals surface area contributed by atoms with Crippen molar-refractivity contribution in [2.45, 2.75) is 17.9 Å². The molecule has 0 bridgehead atoms. The summed E-state index contributed by atoms with van der Waals surface area (Å²) in [5, 5.41) is 9.46. The molecule has 0 radical (unpaired) electrons. The Hall–Kier alpha value is -2.88. The number of aromatic nitrogens is 1. The van der Waals surface area contributed by atoms with Gasteiger partial charge in [-0.25, -0.2) is 13.2 Å². The van der Waals surface area contributed by atoms with Crippen LogP contribution in [-0.4, -0.2) is 43.7 Å². The molecule has 0 aliphatic heterocycles. The third-order valence-corrected chi connectivity index (χ3v) is 5.50. The van der Waals surface area contributed by atoms with Crippen molar-refractivity contribution in [2.75, 3.05) is 13.2 Å². The number of hydrogen-bond acceptors (Lipinski definition) is 6. The number of carbonyl (C=O) groups is 1. The molecule has 3 aromatic rings. The highest BCUT2D eigenvalue weighted by molar-refractivity contribution is 7.89. The minimum atomic E-state index is -3.93. The van der Waals surface area contributed by atoms with Gasteiger partial charge in [0.2, 0.25) is 10.0 Å². The summed E-state index contributed by atoms with van der Waals surface area (Å²) in [4.78, 5) is 15.3. The van der Waals surface area contributed by atoms with Crippen LogP contribution < -0.4 is 14.2 Å². The monoisotopic (exact) mass is 404 g/mol. The number of ether oxygens (including phenoxy) is 2. The Morgan fingerprint density at radius 2 is 1.89 bits per heavy atom. The van der Waals surface area contributed by atoms with Crippen molar-refractivity contribution < 1.29 is 27.8 Å². The fourth-order valence-electron chi connectivity index (χ4n) is 2.55. The van der Waals surface area contributed by atoms with Crippen molar-refractivity contribution in [3.05, 3.63) is 54.7 Å². The Kier molecular flexibility index (Phi) is 5.98. The number of esters is 1. The first-order valence-corrected chi connectivity index (χ1v) is 10.0. The fraction of sp³-hybridized carbons (Fsp3) is 0.211. The number of fused-ring (bicyclic) bond motifs is 1. The third-order valence-electron chi connectivity index (χ3n) is 3.94. The van der Waals surface area contributed by atoms with Crippen LogP contribution in [0.4, 0.5) is 0 Å². The van der Waals surface area contributed by atoms with E-state index in [0.717, 1.165) is 10.9 Å². The lowest BCUT2D eigenvalue weighted by atomic mass is 10.2. The molecule has 0 spiro atoms. The van der Waals surface area contributed by atoms with Gasteiger partial charge in [0.25, 0.3) is 0 Å². The zero-order chi connectivity index (χ0) is 20.1. The molecule has 0 unspecified atom stereocenters. The Morgan fingerprint density at radius 1 is 1.18 bits per heavy atom. The normalized spacial score (nSPS) is 12.6. The smallest absolute Gasteiger partial charge is 0.329 e. The standard InChI is InChI=1S/C19H20N2O6S/c1-13(19(23)27-18-12-20-17-5-3-2-4-16(17)18)21-28(24,25)15-8-6-14(7-9-15)26-11-10-22/h2-9,12-13,20-22H,10-11H2,1H3/t13-/m0/s1. The van der Waals surface area contributed by atoms with Crippen LogP contribution in [0.1, 0.15) is 6.92 Å². The molecule has 8 nitrogen and oxygen atoms in total. The van der Waals surface area contributed by atoms with E-state index in [9.17, 15) is 13.2 Å². The summed E-state index contributed by atoms with van der Waals surface area (Å²) in [5.74, 6) is 0.0352. The van der Waals surface area contributed by atoms with E-state index in [1.807, 2.05) is 18.2 Å². The number of para-hydroxylation sites is 1. The fourth-order valence-corrected chi connectivity index (χ4v) is 3.75. The molecule has 2 aromatic carbocycles. The minimum absolute atomic E-state index is 0.0180. The number of aromatic amines is 1. The number of aliphatic hydroxyl groups is 1. The molecular weight excluding hydrogens is 384 g/mol. The van der Waals surface area contributed by atoms with Gasteiger partial charge in [-0.05, 0) is 43.3 Å². The molecule has 1 atom stereocenters. The minimum Gasteiger partial charge on any atom is -0.491 e. The van der Waals surface area contributed by atoms with Gasteiger partial charge >= 0.3 is 5.97 Å². The lowest BCUT2D eigenvalue weighted by molar-refractivity contribution is -0.135. The number of sulfonamides is 1. The van der Waals surface area contributed by atoms with Crippen molar-refractivity contribution in [3.8, 4) is 11.5 Å². The predicted molar refractivity (Wildman–Crippen MR) is 103 cm³/mol. The third kappa shape index (κ3) is 4.50. The van der Waals surface area contributed by atoms with Crippen molar-refractivity contribution in [2.24, 2.45) is 0 Å². The van der Waals surface area contributed by atoms with Gasteiger partial charge < -0.3 is 19.6 Å². The number of hydrogen-bond donors (Lipinski definition) is 3. The highest BCUT2D eigenvalue weighted by Crippen LogP contribution is 2.25. The number of H-pyrrole nitrogens is 1. The molecule has 0 amide bonds. The number of nitrogens with one attached hydrogen (secondary N) is 2. The molecule has 0 aliphatic rings. The predicted octanol–water partition coefficient (Wildman–Crippen LogP) is 1.81. The van der Waals surface area contributed by atoms with Gasteiger partial charge in [0.05, 0.1) is 11.5 Å². The van der Waals surface area contributed by atoms with Crippen LogP contribution in [0.15, 0.2) is 59.6 Å². The van der Waals surface area contributed by atoms with Gasteiger partial charge in [-0.15, -0.1) is 0 Å². The highest BCUT2D eigenvalue weighted by atomic mass is 32.2. The van der Waals surface area contributed by atoms with Crippen LogP contribution in [0.2, 0.25) is 0 Å². The van der Waals surface area contributed by atoms with E-state index in [-0.39, 0.29) is 18.1 Å². The van der Waals surface area contributed by atoms with Gasteiger partial charge in [-0.2, -0.15) is 4.72 Å². The summed E-state index contributed by atoms with van der Waals surface area (Å²) in [6.07, 6.45) is 1.55. The average Bonchev–Trinajstić information content (AvgIpc) is 3.09. The van der Waals surface area contributed by atoms with Gasteiger partial charge in [0.15, 0.2) is 5.75 Å². The van der Waals surface area contributed by atoms with Crippen LogP contribution in [-0.2, 0) is 14.8 Å². The lowest BCUT2D eigenvalue weighted by Crippen LogP contribution is -2.40. The van der Waals surface area contributed by atoms with E-state index in [1.165, 1.54) is 31.2 Å². The molecular formula is C19H20N2O6S. The summed E-state index contributed by atoms with van der Waals surface area (Å²) >= 11 is 0. The summed E-state index contributed by atoms with van der Waals surface area (Å²) < 4.78 is 37.8. The van der Waals surface area contributed by atoms with Crippen LogP contribution >= 0.6 is 0 Å². The zero-order valence-corrected chi connectivity index (χ0v) is 15.9. The number of carbonyl (C=O) groups excluding carboxylic acids is 1. The summed E-state index contributed by atoms with van der Waals surface area (Å²) in [6, 6.07) is 11.9. The van der Waals surface area contributed by atoms with Crippen LogP contribution in [0.3, 0.4) is 0 Å². The largest absolute Gasteiger partial charge is 0.491 e. The maximum atomic E-state index is 12.5. The van der Waals surface area contributed by atoms with E-state index in [4.69, 9.17) is 14.6 Å².